The summed E-state index contributed by atoms with van der Waals surface area (Å²) in [7, 11) is -3.97. The molecule has 0 aromatic heterocycles. The Balaban J connectivity index is 1.84. The van der Waals surface area contributed by atoms with Crippen molar-refractivity contribution in [3.8, 4) is 17.2 Å². The van der Waals surface area contributed by atoms with Crippen molar-refractivity contribution >= 4 is 39.2 Å². The molecule has 0 bridgehead atoms. The molecular formula is C21H23ClN2O7S. The third kappa shape index (κ3) is 5.70. The van der Waals surface area contributed by atoms with Crippen LogP contribution in [0.5, 0.6) is 17.2 Å². The molecule has 0 heterocycles. The maximum atomic E-state index is 12.8. The average molecular weight is 483 g/mol. The molecule has 0 unspecified atom stereocenters. The van der Waals surface area contributed by atoms with Crippen molar-refractivity contribution in [1.29, 1.82) is 0 Å². The van der Waals surface area contributed by atoms with Crippen LogP contribution in [0.1, 0.15) is 37.7 Å². The second kappa shape index (κ2) is 9.76. The number of rotatable bonds is 6. The number of carbonyl (C=O) groups excluding carboxylic acids is 1. The van der Waals surface area contributed by atoms with Gasteiger partial charge in [0.15, 0.2) is 0 Å². The number of phenols is 1. The van der Waals surface area contributed by atoms with Crippen LogP contribution in [-0.4, -0.2) is 36.5 Å². The Kier molecular flexibility index (Phi) is 7.27. The summed E-state index contributed by atoms with van der Waals surface area (Å²) in [5.41, 5.74) is 0.633. The third-order valence-electron chi connectivity index (χ3n) is 5.05. The number of phenolic OH excluding ortho intramolecular Hbond substituents is 1. The summed E-state index contributed by atoms with van der Waals surface area (Å²) in [5, 5.41) is 21.1. The number of halogens is 1. The summed E-state index contributed by atoms with van der Waals surface area (Å²) < 4.78 is 34.0. The van der Waals surface area contributed by atoms with Crippen molar-refractivity contribution in [2.24, 2.45) is 0 Å². The standard InChI is InChI=1S/C21H23ClN2O7S/c1-12-9-14(23-20(26)21(27)28)10-16(22)19(12)31-15-7-8-17(25)18(11-15)32(29,30)24-13-5-3-2-4-6-13/h7-11,13,24-25H,2-6H2,1H3,(H,23,26)(H,27,28). The SMILES string of the molecule is Cc1cc(NC(=O)C(=O)O)cc(Cl)c1Oc1ccc(O)c(S(=O)(=O)NC2CCCCC2)c1. The molecule has 2 aromatic rings. The molecule has 1 aliphatic carbocycles. The fraction of sp³-hybridized carbons (Fsp3) is 0.333. The van der Waals surface area contributed by atoms with Gasteiger partial charge in [-0.2, -0.15) is 0 Å². The molecule has 0 radical (unpaired) electrons. The van der Waals surface area contributed by atoms with Gasteiger partial charge in [-0.05, 0) is 49.6 Å². The molecule has 3 rings (SSSR count). The lowest BCUT2D eigenvalue weighted by Gasteiger charge is -2.23. The number of hydrogen-bond donors (Lipinski definition) is 4. The van der Waals surface area contributed by atoms with E-state index in [1.807, 2.05) is 0 Å². The highest BCUT2D eigenvalue weighted by atomic mass is 35.5. The zero-order valence-electron chi connectivity index (χ0n) is 17.2. The molecule has 11 heteroatoms. The van der Waals surface area contributed by atoms with E-state index in [1.54, 1.807) is 6.92 Å². The van der Waals surface area contributed by atoms with Gasteiger partial charge in [-0.3, -0.25) is 4.79 Å². The molecule has 1 saturated carbocycles. The molecule has 1 aliphatic rings. The van der Waals surface area contributed by atoms with Gasteiger partial charge in [-0.15, -0.1) is 0 Å². The fourth-order valence-corrected chi connectivity index (χ4v) is 5.23. The number of anilines is 1. The Morgan fingerprint density at radius 1 is 1.12 bits per heavy atom. The number of carboxylic acid groups (broad SMARTS) is 1. The first-order valence-corrected chi connectivity index (χ1v) is 11.8. The number of nitrogens with one attached hydrogen (secondary N) is 2. The molecule has 2 aromatic carbocycles. The van der Waals surface area contributed by atoms with Crippen molar-refractivity contribution in [3.63, 3.8) is 0 Å². The first-order valence-electron chi connectivity index (χ1n) is 9.94. The van der Waals surface area contributed by atoms with Gasteiger partial charge < -0.3 is 20.3 Å². The summed E-state index contributed by atoms with van der Waals surface area (Å²) in [6.45, 7) is 1.63. The van der Waals surface area contributed by atoms with Crippen LogP contribution in [0.25, 0.3) is 0 Å². The molecule has 9 nitrogen and oxygen atoms in total. The van der Waals surface area contributed by atoms with Gasteiger partial charge in [0.2, 0.25) is 10.0 Å². The van der Waals surface area contributed by atoms with Crippen LogP contribution in [0, 0.1) is 6.92 Å². The van der Waals surface area contributed by atoms with Gasteiger partial charge >= 0.3 is 11.9 Å². The summed E-state index contributed by atoms with van der Waals surface area (Å²) in [6.07, 6.45) is 4.46. The lowest BCUT2D eigenvalue weighted by atomic mass is 9.96. The van der Waals surface area contributed by atoms with E-state index in [2.05, 4.69) is 10.0 Å². The van der Waals surface area contributed by atoms with E-state index in [9.17, 15) is 23.1 Å². The smallest absolute Gasteiger partial charge is 0.394 e. The molecule has 0 aliphatic heterocycles. The number of carbonyl (C=O) groups is 2. The first-order chi connectivity index (χ1) is 15.1. The van der Waals surface area contributed by atoms with Crippen molar-refractivity contribution in [1.82, 2.24) is 4.72 Å². The first kappa shape index (κ1) is 23.8. The van der Waals surface area contributed by atoms with Crippen LogP contribution in [0.4, 0.5) is 5.69 Å². The summed E-state index contributed by atoms with van der Waals surface area (Å²) >= 11 is 6.23. The van der Waals surface area contributed by atoms with Gasteiger partial charge in [0.25, 0.3) is 0 Å². The van der Waals surface area contributed by atoms with E-state index in [1.165, 1.54) is 30.3 Å². The molecule has 0 spiro atoms. The largest absolute Gasteiger partial charge is 0.507 e. The van der Waals surface area contributed by atoms with Crippen molar-refractivity contribution in [2.45, 2.75) is 50.0 Å². The topological polar surface area (TPSA) is 142 Å². The van der Waals surface area contributed by atoms with E-state index in [-0.39, 0.29) is 33.1 Å². The molecule has 1 fully saturated rings. The Labute approximate surface area is 190 Å². The lowest BCUT2D eigenvalue weighted by Crippen LogP contribution is -2.36. The zero-order chi connectivity index (χ0) is 23.5. The number of ether oxygens (including phenoxy) is 1. The normalized spacial score (nSPS) is 14.7. The van der Waals surface area contributed by atoms with E-state index >= 15 is 0 Å². The van der Waals surface area contributed by atoms with Crippen LogP contribution in [-0.2, 0) is 19.6 Å². The molecule has 0 atom stereocenters. The predicted octanol–water partition coefficient (Wildman–Crippen LogP) is 3.78. The minimum Gasteiger partial charge on any atom is -0.507 e. The van der Waals surface area contributed by atoms with E-state index in [0.29, 0.717) is 5.56 Å². The van der Waals surface area contributed by atoms with Crippen molar-refractivity contribution in [3.05, 3.63) is 40.9 Å². The fourth-order valence-electron chi connectivity index (χ4n) is 3.51. The Morgan fingerprint density at radius 3 is 2.44 bits per heavy atom. The molecule has 4 N–H and O–H groups in total. The summed E-state index contributed by atoms with van der Waals surface area (Å²) in [4.78, 5) is 21.7. The third-order valence-corrected chi connectivity index (χ3v) is 6.88. The predicted molar refractivity (Wildman–Crippen MR) is 118 cm³/mol. The number of hydrogen-bond acceptors (Lipinski definition) is 6. The molecular weight excluding hydrogens is 460 g/mol. The number of sulfonamides is 1. The lowest BCUT2D eigenvalue weighted by molar-refractivity contribution is -0.147. The molecule has 0 saturated heterocycles. The number of carboxylic acids is 1. The van der Waals surface area contributed by atoms with E-state index in [0.717, 1.165) is 32.1 Å². The maximum absolute atomic E-state index is 12.8. The quantitative estimate of drug-likeness (QED) is 0.459. The number of amides is 1. The van der Waals surface area contributed by atoms with Crippen LogP contribution < -0.4 is 14.8 Å². The van der Waals surface area contributed by atoms with Crippen molar-refractivity contribution < 1.29 is 33.0 Å². The molecule has 172 valence electrons. The number of aromatic hydroxyl groups is 1. The van der Waals surface area contributed by atoms with E-state index < -0.39 is 27.6 Å². The van der Waals surface area contributed by atoms with Gasteiger partial charge in [0.05, 0.1) is 5.02 Å². The van der Waals surface area contributed by atoms with Crippen LogP contribution in [0.15, 0.2) is 35.2 Å². The minimum absolute atomic E-state index is 0.0727. The minimum atomic E-state index is -3.97. The number of aliphatic carboxylic acids is 1. The Hall–Kier alpha value is -2.82. The summed E-state index contributed by atoms with van der Waals surface area (Å²) in [6, 6.07) is 6.41. The highest BCUT2D eigenvalue weighted by molar-refractivity contribution is 7.89. The highest BCUT2D eigenvalue weighted by Crippen LogP contribution is 2.37. The Bertz CT molecular complexity index is 1120. The molecule has 1 amide bonds. The average Bonchev–Trinajstić information content (AvgIpc) is 2.72. The van der Waals surface area contributed by atoms with Gasteiger partial charge in [-0.25, -0.2) is 17.9 Å². The van der Waals surface area contributed by atoms with Crippen LogP contribution in [0.3, 0.4) is 0 Å². The van der Waals surface area contributed by atoms with E-state index in [4.69, 9.17) is 21.4 Å². The van der Waals surface area contributed by atoms with Gasteiger partial charge in [-0.1, -0.05) is 30.9 Å². The van der Waals surface area contributed by atoms with Gasteiger partial charge in [0.1, 0.15) is 22.1 Å². The van der Waals surface area contributed by atoms with Crippen LogP contribution in [0.2, 0.25) is 5.02 Å². The van der Waals surface area contributed by atoms with Gasteiger partial charge in [0, 0.05) is 17.8 Å². The van der Waals surface area contributed by atoms with Crippen molar-refractivity contribution in [2.75, 3.05) is 5.32 Å². The second-order valence-electron chi connectivity index (χ2n) is 7.55. The monoisotopic (exact) mass is 482 g/mol. The molecule has 32 heavy (non-hydrogen) atoms. The zero-order valence-corrected chi connectivity index (χ0v) is 18.8. The Morgan fingerprint density at radius 2 is 1.81 bits per heavy atom. The van der Waals surface area contributed by atoms with Crippen LogP contribution >= 0.6 is 11.6 Å². The number of benzene rings is 2. The summed E-state index contributed by atoms with van der Waals surface area (Å²) in [5.74, 6) is -2.95. The second-order valence-corrected chi connectivity index (χ2v) is 9.64. The number of aryl methyl sites for hydroxylation is 1. The maximum Gasteiger partial charge on any atom is 0.394 e. The highest BCUT2D eigenvalue weighted by Gasteiger charge is 2.25.